The first-order valence-electron chi connectivity index (χ1n) is 10.2. The average molecular weight is 307 g/mol. The monoisotopic (exact) mass is 306 g/mol. The first-order valence-corrected chi connectivity index (χ1v) is 10.2. The van der Waals surface area contributed by atoms with E-state index < -0.39 is 0 Å². The van der Waals surface area contributed by atoms with Gasteiger partial charge in [-0.3, -0.25) is 0 Å². The molecule has 2 aliphatic rings. The first-order chi connectivity index (χ1) is 10.2. The van der Waals surface area contributed by atoms with Gasteiger partial charge < -0.3 is 0 Å². The Morgan fingerprint density at radius 1 is 0.864 bits per heavy atom. The fourth-order valence-corrected chi connectivity index (χ4v) is 5.90. The topological polar surface area (TPSA) is 0 Å². The third-order valence-corrected chi connectivity index (χ3v) is 7.00. The van der Waals surface area contributed by atoms with Gasteiger partial charge >= 0.3 is 0 Å². The minimum Gasteiger partial charge on any atom is -0.0628 e. The smallest absolute Gasteiger partial charge is 0.0334 e. The van der Waals surface area contributed by atoms with Crippen molar-refractivity contribution in [2.45, 2.75) is 93.4 Å². The molecule has 0 nitrogen and oxygen atoms in total. The van der Waals surface area contributed by atoms with Crippen LogP contribution in [0, 0.1) is 46.8 Å². The molecule has 0 spiro atoms. The predicted molar refractivity (Wildman–Crippen MR) is 98.9 cm³/mol. The van der Waals surface area contributed by atoms with Crippen molar-refractivity contribution in [3.63, 3.8) is 0 Å². The van der Waals surface area contributed by atoms with E-state index in [0.29, 0.717) is 5.41 Å². The fourth-order valence-electron chi connectivity index (χ4n) is 5.90. The van der Waals surface area contributed by atoms with Crippen LogP contribution in [0.1, 0.15) is 93.4 Å². The largest absolute Gasteiger partial charge is 0.0628 e. The standard InChI is InChI=1S/C22H42/c1-15(2)12-18-10-11-21(22(5,6)7)20(14-18)19-13-16(3)8-9-17(19)4/h15-21H,8-14H2,1-7H3. The second-order valence-corrected chi connectivity index (χ2v) is 10.5. The van der Waals surface area contributed by atoms with Crippen LogP contribution in [-0.4, -0.2) is 0 Å². The summed E-state index contributed by atoms with van der Waals surface area (Å²) in [5, 5.41) is 0. The molecule has 130 valence electrons. The molecule has 0 radical (unpaired) electrons. The van der Waals surface area contributed by atoms with Crippen LogP contribution < -0.4 is 0 Å². The van der Waals surface area contributed by atoms with E-state index in [1.54, 1.807) is 0 Å². The Bertz CT molecular complexity index is 334. The molecule has 0 aromatic rings. The predicted octanol–water partition coefficient (Wildman–Crippen LogP) is 7.18. The first kappa shape index (κ1) is 18.3. The van der Waals surface area contributed by atoms with E-state index in [9.17, 15) is 0 Å². The Morgan fingerprint density at radius 2 is 1.55 bits per heavy atom. The zero-order valence-corrected chi connectivity index (χ0v) is 16.5. The summed E-state index contributed by atoms with van der Waals surface area (Å²) in [5.74, 6) is 6.76. The van der Waals surface area contributed by atoms with Gasteiger partial charge in [-0.05, 0) is 72.5 Å². The van der Waals surface area contributed by atoms with Crippen LogP contribution in [0.4, 0.5) is 0 Å². The lowest BCUT2D eigenvalue weighted by molar-refractivity contribution is -0.00279. The molecule has 0 aromatic heterocycles. The molecule has 2 aliphatic carbocycles. The maximum absolute atomic E-state index is 2.56. The van der Waals surface area contributed by atoms with Crippen molar-refractivity contribution in [1.82, 2.24) is 0 Å². The Hall–Kier alpha value is 0. The zero-order chi connectivity index (χ0) is 16.5. The highest BCUT2D eigenvalue weighted by atomic mass is 14.5. The lowest BCUT2D eigenvalue weighted by Gasteiger charge is -2.50. The summed E-state index contributed by atoms with van der Waals surface area (Å²) in [5.41, 5.74) is 0.494. The molecule has 6 atom stereocenters. The SMILES string of the molecule is CC(C)CC1CCC(C(C)(C)C)C(C2CC(C)CCC2C)C1. The highest BCUT2D eigenvalue weighted by Crippen LogP contribution is 2.52. The van der Waals surface area contributed by atoms with Gasteiger partial charge in [-0.25, -0.2) is 0 Å². The molecule has 2 fully saturated rings. The minimum absolute atomic E-state index is 0.494. The van der Waals surface area contributed by atoms with Crippen LogP contribution >= 0.6 is 0 Å². The van der Waals surface area contributed by atoms with Gasteiger partial charge in [0.15, 0.2) is 0 Å². The van der Waals surface area contributed by atoms with Crippen molar-refractivity contribution in [2.24, 2.45) is 46.8 Å². The summed E-state index contributed by atoms with van der Waals surface area (Å²) in [6.45, 7) is 17.4. The molecule has 6 unspecified atom stereocenters. The molecular formula is C22H42. The zero-order valence-electron chi connectivity index (χ0n) is 16.5. The van der Waals surface area contributed by atoms with Crippen molar-refractivity contribution in [3.8, 4) is 0 Å². The van der Waals surface area contributed by atoms with Crippen molar-refractivity contribution in [2.75, 3.05) is 0 Å². The van der Waals surface area contributed by atoms with Gasteiger partial charge in [0.05, 0.1) is 0 Å². The van der Waals surface area contributed by atoms with E-state index in [1.807, 2.05) is 0 Å². The normalized spacial score (nSPS) is 40.9. The molecule has 0 amide bonds. The van der Waals surface area contributed by atoms with Crippen molar-refractivity contribution >= 4 is 0 Å². The van der Waals surface area contributed by atoms with Gasteiger partial charge in [-0.2, -0.15) is 0 Å². The van der Waals surface area contributed by atoms with Gasteiger partial charge in [0.25, 0.3) is 0 Å². The summed E-state index contributed by atoms with van der Waals surface area (Å²) in [4.78, 5) is 0. The molecular weight excluding hydrogens is 264 g/mol. The second-order valence-electron chi connectivity index (χ2n) is 10.5. The van der Waals surface area contributed by atoms with Crippen LogP contribution in [0.15, 0.2) is 0 Å². The van der Waals surface area contributed by atoms with Crippen LogP contribution in [0.25, 0.3) is 0 Å². The minimum atomic E-state index is 0.494. The van der Waals surface area contributed by atoms with E-state index in [0.717, 1.165) is 41.4 Å². The van der Waals surface area contributed by atoms with E-state index in [1.165, 1.54) is 44.9 Å². The van der Waals surface area contributed by atoms with E-state index >= 15 is 0 Å². The number of rotatable bonds is 3. The van der Waals surface area contributed by atoms with Gasteiger partial charge in [-0.15, -0.1) is 0 Å². The molecule has 0 bridgehead atoms. The van der Waals surface area contributed by atoms with E-state index in [-0.39, 0.29) is 0 Å². The molecule has 0 N–H and O–H groups in total. The van der Waals surface area contributed by atoms with Crippen LogP contribution in [0.2, 0.25) is 0 Å². The summed E-state index contributed by atoms with van der Waals surface area (Å²) in [6, 6.07) is 0. The second kappa shape index (κ2) is 7.27. The highest BCUT2D eigenvalue weighted by Gasteiger charge is 2.43. The van der Waals surface area contributed by atoms with Crippen LogP contribution in [-0.2, 0) is 0 Å². The molecule has 0 saturated heterocycles. The van der Waals surface area contributed by atoms with Crippen LogP contribution in [0.5, 0.6) is 0 Å². The van der Waals surface area contributed by atoms with Gasteiger partial charge in [0.2, 0.25) is 0 Å². The Kier molecular flexibility index (Phi) is 6.06. The molecule has 0 aliphatic heterocycles. The fraction of sp³-hybridized carbons (Fsp3) is 1.00. The summed E-state index contributed by atoms with van der Waals surface area (Å²) >= 11 is 0. The highest BCUT2D eigenvalue weighted by molar-refractivity contribution is 4.93. The van der Waals surface area contributed by atoms with Crippen molar-refractivity contribution in [1.29, 1.82) is 0 Å². The maximum atomic E-state index is 2.56. The maximum Gasteiger partial charge on any atom is -0.0334 e. The molecule has 2 rings (SSSR count). The van der Waals surface area contributed by atoms with Crippen LogP contribution in [0.3, 0.4) is 0 Å². The third-order valence-electron chi connectivity index (χ3n) is 7.00. The Morgan fingerprint density at radius 3 is 2.14 bits per heavy atom. The lowest BCUT2D eigenvalue weighted by atomic mass is 9.55. The van der Waals surface area contributed by atoms with E-state index in [2.05, 4.69) is 48.5 Å². The summed E-state index contributed by atoms with van der Waals surface area (Å²) in [7, 11) is 0. The number of hydrogen-bond acceptors (Lipinski definition) is 0. The van der Waals surface area contributed by atoms with Gasteiger partial charge in [0, 0.05) is 0 Å². The van der Waals surface area contributed by atoms with E-state index in [4.69, 9.17) is 0 Å². The molecule has 0 heteroatoms. The van der Waals surface area contributed by atoms with Crippen molar-refractivity contribution in [3.05, 3.63) is 0 Å². The summed E-state index contributed by atoms with van der Waals surface area (Å²) in [6.07, 6.45) is 10.4. The van der Waals surface area contributed by atoms with Gasteiger partial charge in [0.1, 0.15) is 0 Å². The van der Waals surface area contributed by atoms with Crippen molar-refractivity contribution < 1.29 is 0 Å². The molecule has 0 heterocycles. The Labute approximate surface area is 140 Å². The average Bonchev–Trinajstić information content (AvgIpc) is 2.39. The summed E-state index contributed by atoms with van der Waals surface area (Å²) < 4.78 is 0. The third kappa shape index (κ3) is 4.51. The van der Waals surface area contributed by atoms with Gasteiger partial charge in [-0.1, -0.05) is 67.7 Å². The lowest BCUT2D eigenvalue weighted by Crippen LogP contribution is -2.41. The molecule has 22 heavy (non-hydrogen) atoms. The Balaban J connectivity index is 2.15. The number of hydrogen-bond donors (Lipinski definition) is 0. The molecule has 0 aromatic carbocycles. The quantitative estimate of drug-likeness (QED) is 0.518. The molecule has 2 saturated carbocycles.